The highest BCUT2D eigenvalue weighted by molar-refractivity contribution is 5.87. The van der Waals surface area contributed by atoms with E-state index < -0.39 is 0 Å². The molecule has 1 aliphatic rings. The Bertz CT molecular complexity index is 380. The highest BCUT2D eigenvalue weighted by Gasteiger charge is 2.30. The van der Waals surface area contributed by atoms with Crippen LogP contribution in [0.25, 0.3) is 0 Å². The molecule has 2 N–H and O–H groups in total. The van der Waals surface area contributed by atoms with E-state index in [4.69, 9.17) is 0 Å². The quantitative estimate of drug-likeness (QED) is 0.764. The van der Waals surface area contributed by atoms with E-state index in [0.29, 0.717) is 5.69 Å². The molecule has 0 amide bonds. The van der Waals surface area contributed by atoms with Crippen LogP contribution in [0.4, 0.5) is 0 Å². The lowest BCUT2D eigenvalue weighted by Crippen LogP contribution is -2.47. The van der Waals surface area contributed by atoms with Gasteiger partial charge in [0.05, 0.1) is 7.11 Å². The fourth-order valence-electron chi connectivity index (χ4n) is 1.96. The predicted octanol–water partition coefficient (Wildman–Crippen LogP) is 1.83. The molecule has 4 heteroatoms. The number of H-pyrrole nitrogens is 1. The Morgan fingerprint density at radius 1 is 1.56 bits per heavy atom. The first-order valence-electron chi connectivity index (χ1n) is 5.64. The van der Waals surface area contributed by atoms with Gasteiger partial charge in [-0.25, -0.2) is 4.79 Å². The number of carbonyl (C=O) groups excluding carboxylic acids is 1. The molecule has 0 spiro atoms. The van der Waals surface area contributed by atoms with E-state index in [0.717, 1.165) is 12.2 Å². The minimum Gasteiger partial charge on any atom is -0.464 e. The van der Waals surface area contributed by atoms with Crippen molar-refractivity contribution in [3.8, 4) is 0 Å². The largest absolute Gasteiger partial charge is 0.464 e. The number of nitrogens with one attached hydrogen (secondary N) is 2. The number of aromatic nitrogens is 1. The van der Waals surface area contributed by atoms with Gasteiger partial charge in [-0.15, -0.1) is 0 Å². The standard InChI is InChI=1S/C12H18N2O2/c1-12(6-3-7-12)13-8-9-4-5-10(14-9)11(15)16-2/h4-5,13-14H,3,6-8H2,1-2H3. The molecular weight excluding hydrogens is 204 g/mol. The fraction of sp³-hybridized carbons (Fsp3) is 0.583. The lowest BCUT2D eigenvalue weighted by Gasteiger charge is -2.39. The van der Waals surface area contributed by atoms with Crippen LogP contribution in [-0.2, 0) is 11.3 Å². The number of ether oxygens (including phenoxy) is 1. The summed E-state index contributed by atoms with van der Waals surface area (Å²) in [5.41, 5.74) is 1.82. The van der Waals surface area contributed by atoms with Crippen LogP contribution >= 0.6 is 0 Å². The third-order valence-electron chi connectivity index (χ3n) is 3.31. The van der Waals surface area contributed by atoms with E-state index in [1.54, 1.807) is 6.07 Å². The molecule has 0 aromatic carbocycles. The van der Waals surface area contributed by atoms with Gasteiger partial charge in [-0.3, -0.25) is 0 Å². The summed E-state index contributed by atoms with van der Waals surface area (Å²) in [5.74, 6) is -0.318. The zero-order valence-electron chi connectivity index (χ0n) is 9.80. The van der Waals surface area contributed by atoms with Crippen LogP contribution in [0.5, 0.6) is 0 Å². The summed E-state index contributed by atoms with van der Waals surface area (Å²) in [4.78, 5) is 14.3. The van der Waals surface area contributed by atoms with Gasteiger partial charge in [-0.2, -0.15) is 0 Å². The highest BCUT2D eigenvalue weighted by Crippen LogP contribution is 2.31. The van der Waals surface area contributed by atoms with Gasteiger partial charge in [-0.05, 0) is 38.3 Å². The maximum absolute atomic E-state index is 11.2. The molecule has 0 saturated heterocycles. The van der Waals surface area contributed by atoms with Crippen LogP contribution in [0, 0.1) is 0 Å². The van der Waals surface area contributed by atoms with Crippen LogP contribution in [-0.4, -0.2) is 23.6 Å². The van der Waals surface area contributed by atoms with Crippen molar-refractivity contribution in [2.24, 2.45) is 0 Å². The predicted molar refractivity (Wildman–Crippen MR) is 61.2 cm³/mol. The second kappa shape index (κ2) is 4.29. The number of methoxy groups -OCH3 is 1. The van der Waals surface area contributed by atoms with E-state index in [1.165, 1.54) is 26.4 Å². The Morgan fingerprint density at radius 3 is 2.88 bits per heavy atom. The molecule has 16 heavy (non-hydrogen) atoms. The first-order valence-corrected chi connectivity index (χ1v) is 5.64. The number of hydrogen-bond donors (Lipinski definition) is 2. The molecule has 1 aromatic rings. The van der Waals surface area contributed by atoms with Gasteiger partial charge in [0.2, 0.25) is 0 Å². The lowest BCUT2D eigenvalue weighted by molar-refractivity contribution is 0.0594. The maximum Gasteiger partial charge on any atom is 0.354 e. The smallest absolute Gasteiger partial charge is 0.354 e. The van der Waals surface area contributed by atoms with Crippen molar-refractivity contribution < 1.29 is 9.53 Å². The van der Waals surface area contributed by atoms with Gasteiger partial charge in [0.25, 0.3) is 0 Å². The second-order valence-electron chi connectivity index (χ2n) is 4.66. The molecule has 4 nitrogen and oxygen atoms in total. The van der Waals surface area contributed by atoms with Crippen LogP contribution in [0.15, 0.2) is 12.1 Å². The third kappa shape index (κ3) is 2.27. The van der Waals surface area contributed by atoms with E-state index in [-0.39, 0.29) is 11.5 Å². The van der Waals surface area contributed by atoms with Crippen molar-refractivity contribution in [1.82, 2.24) is 10.3 Å². The Hall–Kier alpha value is -1.29. The van der Waals surface area contributed by atoms with E-state index in [1.807, 2.05) is 6.07 Å². The van der Waals surface area contributed by atoms with Crippen LogP contribution < -0.4 is 5.32 Å². The molecule has 0 radical (unpaired) electrons. The molecule has 1 aliphatic carbocycles. The molecule has 88 valence electrons. The third-order valence-corrected chi connectivity index (χ3v) is 3.31. The Balaban J connectivity index is 1.90. The molecule has 1 saturated carbocycles. The molecule has 1 fully saturated rings. The zero-order valence-corrected chi connectivity index (χ0v) is 9.80. The van der Waals surface area contributed by atoms with E-state index in [9.17, 15) is 4.79 Å². The minimum atomic E-state index is -0.318. The Morgan fingerprint density at radius 2 is 2.31 bits per heavy atom. The van der Waals surface area contributed by atoms with Gasteiger partial charge in [0, 0.05) is 17.8 Å². The molecule has 1 aromatic heterocycles. The normalized spacial score (nSPS) is 17.9. The fourth-order valence-corrected chi connectivity index (χ4v) is 1.96. The second-order valence-corrected chi connectivity index (χ2v) is 4.66. The van der Waals surface area contributed by atoms with Crippen molar-refractivity contribution in [2.45, 2.75) is 38.3 Å². The molecule has 0 bridgehead atoms. The summed E-state index contributed by atoms with van der Waals surface area (Å²) in [6, 6.07) is 3.67. The summed E-state index contributed by atoms with van der Waals surface area (Å²) >= 11 is 0. The molecule has 0 aliphatic heterocycles. The van der Waals surface area contributed by atoms with Crippen molar-refractivity contribution in [3.05, 3.63) is 23.5 Å². The SMILES string of the molecule is COC(=O)c1ccc(CNC2(C)CCC2)[nH]1. The van der Waals surface area contributed by atoms with Crippen LogP contribution in [0.1, 0.15) is 42.4 Å². The number of esters is 1. The van der Waals surface area contributed by atoms with Gasteiger partial charge < -0.3 is 15.0 Å². The van der Waals surface area contributed by atoms with Gasteiger partial charge >= 0.3 is 5.97 Å². The number of aromatic amines is 1. The zero-order chi connectivity index (χ0) is 11.6. The van der Waals surface area contributed by atoms with Crippen molar-refractivity contribution in [2.75, 3.05) is 7.11 Å². The summed E-state index contributed by atoms with van der Waals surface area (Å²) in [7, 11) is 1.39. The molecule has 2 rings (SSSR count). The van der Waals surface area contributed by atoms with Crippen LogP contribution in [0.3, 0.4) is 0 Å². The Labute approximate surface area is 95.4 Å². The van der Waals surface area contributed by atoms with Crippen molar-refractivity contribution in [3.63, 3.8) is 0 Å². The number of hydrogen-bond acceptors (Lipinski definition) is 3. The summed E-state index contributed by atoms with van der Waals surface area (Å²) in [6.07, 6.45) is 3.77. The summed E-state index contributed by atoms with van der Waals surface area (Å²) in [6.45, 7) is 3.01. The van der Waals surface area contributed by atoms with E-state index in [2.05, 4.69) is 22.0 Å². The molecule has 0 unspecified atom stereocenters. The molecule has 1 heterocycles. The van der Waals surface area contributed by atoms with Gasteiger partial charge in [-0.1, -0.05) is 0 Å². The summed E-state index contributed by atoms with van der Waals surface area (Å²) < 4.78 is 4.64. The maximum atomic E-state index is 11.2. The minimum absolute atomic E-state index is 0.288. The van der Waals surface area contributed by atoms with Crippen molar-refractivity contribution >= 4 is 5.97 Å². The average Bonchev–Trinajstić information content (AvgIpc) is 2.71. The van der Waals surface area contributed by atoms with E-state index >= 15 is 0 Å². The lowest BCUT2D eigenvalue weighted by atomic mass is 9.78. The average molecular weight is 222 g/mol. The van der Waals surface area contributed by atoms with Gasteiger partial charge in [0.15, 0.2) is 0 Å². The van der Waals surface area contributed by atoms with Crippen LogP contribution in [0.2, 0.25) is 0 Å². The van der Waals surface area contributed by atoms with Crippen molar-refractivity contribution in [1.29, 1.82) is 0 Å². The van der Waals surface area contributed by atoms with Gasteiger partial charge in [0.1, 0.15) is 5.69 Å². The topological polar surface area (TPSA) is 54.1 Å². The summed E-state index contributed by atoms with van der Waals surface area (Å²) in [5, 5.41) is 3.50. The monoisotopic (exact) mass is 222 g/mol. The Kier molecular flexibility index (Phi) is 3.01. The first kappa shape index (κ1) is 11.2. The number of rotatable bonds is 4. The highest BCUT2D eigenvalue weighted by atomic mass is 16.5. The molecular formula is C12H18N2O2. The number of carbonyl (C=O) groups is 1. The first-order chi connectivity index (χ1) is 7.63. The molecule has 0 atom stereocenters.